The van der Waals surface area contributed by atoms with Gasteiger partial charge in [0.1, 0.15) is 6.10 Å². The molecular formula is C21H34N4O2. The van der Waals surface area contributed by atoms with E-state index in [1.165, 1.54) is 32.1 Å². The third kappa shape index (κ3) is 6.09. The van der Waals surface area contributed by atoms with E-state index in [2.05, 4.69) is 33.3 Å². The first-order valence-corrected chi connectivity index (χ1v) is 10.4. The summed E-state index contributed by atoms with van der Waals surface area (Å²) >= 11 is 0. The standard InChI is InChI=1S/C21H34N4O2/c1-22-21(25(2)13-9-17-10-14-26-15-11-17)24-16-18-6-5-12-23-20(18)27-19-7-3-4-8-19/h5-6,12,17,19H,3-4,7-11,13-16H2,1-2H3,(H,22,24). The van der Waals surface area contributed by atoms with Gasteiger partial charge in [0.15, 0.2) is 5.96 Å². The van der Waals surface area contributed by atoms with Crippen molar-refractivity contribution in [1.29, 1.82) is 0 Å². The quantitative estimate of drug-likeness (QED) is 0.587. The van der Waals surface area contributed by atoms with Gasteiger partial charge in [-0.25, -0.2) is 4.98 Å². The van der Waals surface area contributed by atoms with Gasteiger partial charge in [0.25, 0.3) is 0 Å². The van der Waals surface area contributed by atoms with Crippen molar-refractivity contribution >= 4 is 5.96 Å². The molecule has 0 unspecified atom stereocenters. The Morgan fingerprint density at radius 3 is 2.81 bits per heavy atom. The Bertz CT molecular complexity index is 596. The van der Waals surface area contributed by atoms with Crippen LogP contribution in [-0.4, -0.2) is 55.8 Å². The van der Waals surface area contributed by atoms with Gasteiger partial charge in [0.2, 0.25) is 5.88 Å². The Labute approximate surface area is 163 Å². The summed E-state index contributed by atoms with van der Waals surface area (Å²) in [5.41, 5.74) is 1.09. The largest absolute Gasteiger partial charge is 0.474 e. The molecule has 0 amide bonds. The Balaban J connectivity index is 1.49. The van der Waals surface area contributed by atoms with Crippen LogP contribution in [0.5, 0.6) is 5.88 Å². The van der Waals surface area contributed by atoms with E-state index in [9.17, 15) is 0 Å². The molecule has 1 saturated carbocycles. The zero-order chi connectivity index (χ0) is 18.9. The van der Waals surface area contributed by atoms with Crippen LogP contribution in [0.2, 0.25) is 0 Å². The fraction of sp³-hybridized carbons (Fsp3) is 0.714. The second-order valence-corrected chi connectivity index (χ2v) is 7.66. The van der Waals surface area contributed by atoms with Crippen LogP contribution in [0.4, 0.5) is 0 Å². The molecule has 0 radical (unpaired) electrons. The van der Waals surface area contributed by atoms with E-state index in [0.717, 1.165) is 55.9 Å². The van der Waals surface area contributed by atoms with Gasteiger partial charge in [-0.05, 0) is 56.9 Å². The molecule has 2 aliphatic rings. The highest BCUT2D eigenvalue weighted by molar-refractivity contribution is 5.79. The zero-order valence-corrected chi connectivity index (χ0v) is 16.8. The van der Waals surface area contributed by atoms with E-state index in [-0.39, 0.29) is 0 Å². The van der Waals surface area contributed by atoms with Crippen molar-refractivity contribution in [3.05, 3.63) is 23.9 Å². The van der Waals surface area contributed by atoms with Gasteiger partial charge in [-0.1, -0.05) is 6.07 Å². The molecule has 6 nitrogen and oxygen atoms in total. The maximum Gasteiger partial charge on any atom is 0.218 e. The number of nitrogens with one attached hydrogen (secondary N) is 1. The minimum absolute atomic E-state index is 0.320. The van der Waals surface area contributed by atoms with Gasteiger partial charge >= 0.3 is 0 Å². The van der Waals surface area contributed by atoms with Crippen molar-refractivity contribution in [3.63, 3.8) is 0 Å². The number of aliphatic imine (C=N–C) groups is 1. The molecule has 1 aliphatic carbocycles. The molecule has 0 atom stereocenters. The Hall–Kier alpha value is -1.82. The van der Waals surface area contributed by atoms with Gasteiger partial charge in [0, 0.05) is 52.2 Å². The number of rotatable bonds is 7. The number of guanidine groups is 1. The Morgan fingerprint density at radius 1 is 1.30 bits per heavy atom. The number of hydrogen-bond donors (Lipinski definition) is 1. The molecule has 2 heterocycles. The predicted octanol–water partition coefficient (Wildman–Crippen LogP) is 3.23. The minimum atomic E-state index is 0.320. The van der Waals surface area contributed by atoms with Gasteiger partial charge < -0.3 is 19.7 Å². The molecule has 2 fully saturated rings. The van der Waals surface area contributed by atoms with E-state index >= 15 is 0 Å². The smallest absolute Gasteiger partial charge is 0.218 e. The van der Waals surface area contributed by atoms with Crippen molar-refractivity contribution in [2.75, 3.05) is 33.9 Å². The molecule has 1 aromatic rings. The molecule has 1 aromatic heterocycles. The van der Waals surface area contributed by atoms with Gasteiger partial charge in [-0.15, -0.1) is 0 Å². The molecule has 0 aromatic carbocycles. The van der Waals surface area contributed by atoms with Crippen molar-refractivity contribution in [2.24, 2.45) is 10.9 Å². The highest BCUT2D eigenvalue weighted by Gasteiger charge is 2.19. The second kappa shape index (κ2) is 10.5. The van der Waals surface area contributed by atoms with Crippen molar-refractivity contribution in [3.8, 4) is 5.88 Å². The fourth-order valence-corrected chi connectivity index (χ4v) is 3.91. The lowest BCUT2D eigenvalue weighted by molar-refractivity contribution is 0.0625. The summed E-state index contributed by atoms with van der Waals surface area (Å²) in [6, 6.07) is 4.05. The van der Waals surface area contributed by atoms with Gasteiger partial charge in [-0.2, -0.15) is 0 Å². The zero-order valence-electron chi connectivity index (χ0n) is 16.8. The first kappa shape index (κ1) is 19.9. The molecule has 150 valence electrons. The normalized spacial score (nSPS) is 19.3. The van der Waals surface area contributed by atoms with Crippen molar-refractivity contribution in [1.82, 2.24) is 15.2 Å². The van der Waals surface area contributed by atoms with Gasteiger partial charge in [0.05, 0.1) is 0 Å². The number of nitrogens with zero attached hydrogens (tertiary/aromatic N) is 3. The summed E-state index contributed by atoms with van der Waals surface area (Å²) in [7, 11) is 3.94. The summed E-state index contributed by atoms with van der Waals surface area (Å²) in [5, 5.41) is 3.47. The molecule has 1 aliphatic heterocycles. The molecule has 0 bridgehead atoms. The Kier molecular flexibility index (Phi) is 7.75. The van der Waals surface area contributed by atoms with E-state index in [1.807, 2.05) is 19.3 Å². The topological polar surface area (TPSA) is 59.0 Å². The maximum atomic E-state index is 6.14. The summed E-state index contributed by atoms with van der Waals surface area (Å²) in [4.78, 5) is 11.1. The first-order chi connectivity index (χ1) is 13.3. The van der Waals surface area contributed by atoms with Crippen LogP contribution in [0, 0.1) is 5.92 Å². The summed E-state index contributed by atoms with van der Waals surface area (Å²) in [5.74, 6) is 2.44. The average Bonchev–Trinajstić information content (AvgIpc) is 3.22. The lowest BCUT2D eigenvalue weighted by Crippen LogP contribution is -2.39. The maximum absolute atomic E-state index is 6.14. The molecule has 6 heteroatoms. The first-order valence-electron chi connectivity index (χ1n) is 10.4. The third-order valence-electron chi connectivity index (χ3n) is 5.65. The van der Waals surface area contributed by atoms with E-state index in [1.54, 1.807) is 0 Å². The molecule has 27 heavy (non-hydrogen) atoms. The SMILES string of the molecule is CN=C(NCc1cccnc1OC1CCCC1)N(C)CCC1CCOCC1. The van der Waals surface area contributed by atoms with Crippen LogP contribution in [0.3, 0.4) is 0 Å². The number of aromatic nitrogens is 1. The number of hydrogen-bond acceptors (Lipinski definition) is 4. The van der Waals surface area contributed by atoms with Crippen LogP contribution in [0.25, 0.3) is 0 Å². The van der Waals surface area contributed by atoms with Crippen LogP contribution in [-0.2, 0) is 11.3 Å². The van der Waals surface area contributed by atoms with Crippen molar-refractivity contribution < 1.29 is 9.47 Å². The summed E-state index contributed by atoms with van der Waals surface area (Å²) < 4.78 is 11.6. The monoisotopic (exact) mass is 374 g/mol. The van der Waals surface area contributed by atoms with Crippen LogP contribution in [0.1, 0.15) is 50.5 Å². The lowest BCUT2D eigenvalue weighted by Gasteiger charge is -2.27. The molecule has 1 N–H and O–H groups in total. The predicted molar refractivity (Wildman–Crippen MR) is 108 cm³/mol. The average molecular weight is 375 g/mol. The van der Waals surface area contributed by atoms with Crippen molar-refractivity contribution in [2.45, 2.75) is 57.6 Å². The Morgan fingerprint density at radius 2 is 2.07 bits per heavy atom. The minimum Gasteiger partial charge on any atom is -0.474 e. The molecule has 3 rings (SSSR count). The van der Waals surface area contributed by atoms with E-state index in [4.69, 9.17) is 9.47 Å². The van der Waals surface area contributed by atoms with Gasteiger partial charge in [-0.3, -0.25) is 4.99 Å². The lowest BCUT2D eigenvalue weighted by atomic mass is 9.96. The van der Waals surface area contributed by atoms with E-state index in [0.29, 0.717) is 12.6 Å². The highest BCUT2D eigenvalue weighted by atomic mass is 16.5. The van der Waals surface area contributed by atoms with Crippen LogP contribution in [0.15, 0.2) is 23.3 Å². The number of ether oxygens (including phenoxy) is 2. The second-order valence-electron chi connectivity index (χ2n) is 7.66. The summed E-state index contributed by atoms with van der Waals surface area (Å²) in [6.45, 7) is 3.49. The highest BCUT2D eigenvalue weighted by Crippen LogP contribution is 2.25. The molecule has 1 saturated heterocycles. The molecule has 0 spiro atoms. The van der Waals surface area contributed by atoms with E-state index < -0.39 is 0 Å². The van der Waals surface area contributed by atoms with Crippen LogP contribution >= 0.6 is 0 Å². The number of pyridine rings is 1. The van der Waals surface area contributed by atoms with Crippen LogP contribution < -0.4 is 10.1 Å². The third-order valence-corrected chi connectivity index (χ3v) is 5.65. The fourth-order valence-electron chi connectivity index (χ4n) is 3.91. The molecular weight excluding hydrogens is 340 g/mol. The summed E-state index contributed by atoms with van der Waals surface area (Å²) in [6.07, 6.45) is 10.5.